The fraction of sp³-hybridized carbons (Fsp3) is 0.548. The summed E-state index contributed by atoms with van der Waals surface area (Å²) >= 11 is 0. The zero-order valence-corrected chi connectivity index (χ0v) is 23.4. The van der Waals surface area contributed by atoms with Crippen molar-refractivity contribution < 1.29 is 9.53 Å². The number of fused-ring (bicyclic) bond motifs is 3. The van der Waals surface area contributed by atoms with Crippen molar-refractivity contribution in [1.29, 1.82) is 5.26 Å². The number of piperazine rings is 1. The first-order valence-corrected chi connectivity index (χ1v) is 14.2. The molecule has 1 spiro atoms. The van der Waals surface area contributed by atoms with Crippen LogP contribution in [0, 0.1) is 11.3 Å². The van der Waals surface area contributed by atoms with Crippen LogP contribution in [0.1, 0.15) is 54.5 Å². The summed E-state index contributed by atoms with van der Waals surface area (Å²) in [6.45, 7) is 6.89. The summed E-state index contributed by atoms with van der Waals surface area (Å²) in [4.78, 5) is 28.6. The van der Waals surface area contributed by atoms with Gasteiger partial charge < -0.3 is 19.4 Å². The highest BCUT2D eigenvalue weighted by Crippen LogP contribution is 2.47. The third-order valence-corrected chi connectivity index (χ3v) is 8.65. The van der Waals surface area contributed by atoms with Crippen molar-refractivity contribution in [2.75, 3.05) is 51.8 Å². The number of benzene rings is 1. The molecular formula is C31H40N6O2. The Morgan fingerprint density at radius 2 is 2.10 bits per heavy atom. The molecule has 2 heterocycles. The van der Waals surface area contributed by atoms with Crippen LogP contribution < -0.4 is 9.64 Å². The molecule has 8 heteroatoms. The van der Waals surface area contributed by atoms with Gasteiger partial charge >= 0.3 is 6.01 Å². The van der Waals surface area contributed by atoms with E-state index in [1.54, 1.807) is 4.90 Å². The first-order valence-electron chi connectivity index (χ1n) is 14.2. The van der Waals surface area contributed by atoms with Crippen molar-refractivity contribution in [3.8, 4) is 12.1 Å². The number of aromatic nitrogens is 2. The van der Waals surface area contributed by atoms with Gasteiger partial charge in [-0.25, -0.2) is 0 Å². The molecule has 8 nitrogen and oxygen atoms in total. The maximum atomic E-state index is 12.5. The molecule has 1 aromatic heterocycles. The minimum absolute atomic E-state index is 0.105. The number of nitriles is 1. The van der Waals surface area contributed by atoms with Gasteiger partial charge in [0.25, 0.3) is 0 Å². The number of carbonyl (C=O) groups excluding carboxylic acids is 1. The summed E-state index contributed by atoms with van der Waals surface area (Å²) in [7, 11) is 4.12. The number of nitrogens with zero attached hydrogens (tertiary/aromatic N) is 6. The zero-order valence-electron chi connectivity index (χ0n) is 23.4. The minimum atomic E-state index is -0.204. The summed E-state index contributed by atoms with van der Waals surface area (Å²) < 4.78 is 6.14. The standard InChI is InChI=1S/C31H40N6O2/c1-4-28(38)37-19-18-36(22-24(37)13-16-32)29-25-12-15-31(14-7-10-23-9-5-6-11-26(23)31)21-27(25)33-30(34-29)39-20-8-17-35(2)3/h4-6,9,11,24H,1,7-8,10,12-15,17-22H2,2-3H3/t24-,31?/m0/s1. The number of aryl methyl sites for hydroxylation is 1. The topological polar surface area (TPSA) is 85.6 Å². The van der Waals surface area contributed by atoms with Crippen molar-refractivity contribution in [2.24, 2.45) is 0 Å². The van der Waals surface area contributed by atoms with Gasteiger partial charge in [-0.05, 0) is 76.2 Å². The van der Waals surface area contributed by atoms with Gasteiger partial charge in [-0.1, -0.05) is 30.8 Å². The first-order chi connectivity index (χ1) is 18.9. The fourth-order valence-electron chi connectivity index (χ4n) is 6.73. The summed E-state index contributed by atoms with van der Waals surface area (Å²) in [5.41, 5.74) is 5.36. The third-order valence-electron chi connectivity index (χ3n) is 8.65. The van der Waals surface area contributed by atoms with Crippen molar-refractivity contribution in [3.05, 3.63) is 59.3 Å². The molecule has 2 aromatic rings. The van der Waals surface area contributed by atoms with E-state index in [-0.39, 0.29) is 23.8 Å². The van der Waals surface area contributed by atoms with Gasteiger partial charge in [0.15, 0.2) is 0 Å². The Kier molecular flexibility index (Phi) is 8.18. The van der Waals surface area contributed by atoms with Crippen LogP contribution in [-0.2, 0) is 29.5 Å². The highest BCUT2D eigenvalue weighted by molar-refractivity contribution is 5.87. The van der Waals surface area contributed by atoms with Crippen LogP contribution in [0.25, 0.3) is 0 Å². The molecule has 1 aliphatic heterocycles. The van der Waals surface area contributed by atoms with Gasteiger partial charge in [-0.2, -0.15) is 15.2 Å². The predicted octanol–water partition coefficient (Wildman–Crippen LogP) is 3.69. The Balaban J connectivity index is 1.47. The number of rotatable bonds is 8. The van der Waals surface area contributed by atoms with E-state index in [1.165, 1.54) is 35.6 Å². The highest BCUT2D eigenvalue weighted by Gasteiger charge is 2.42. The Bertz CT molecular complexity index is 1250. The molecule has 1 fully saturated rings. The molecule has 1 unspecified atom stereocenters. The maximum absolute atomic E-state index is 12.5. The van der Waals surface area contributed by atoms with E-state index in [1.807, 2.05) is 0 Å². The molecular weight excluding hydrogens is 488 g/mol. The lowest BCUT2D eigenvalue weighted by Gasteiger charge is -2.44. The fourth-order valence-corrected chi connectivity index (χ4v) is 6.73. The third kappa shape index (κ3) is 5.65. The zero-order chi connectivity index (χ0) is 27.4. The average Bonchev–Trinajstić information content (AvgIpc) is 2.95. The lowest BCUT2D eigenvalue weighted by atomic mass is 9.62. The molecule has 1 aromatic carbocycles. The number of carbonyl (C=O) groups is 1. The lowest BCUT2D eigenvalue weighted by molar-refractivity contribution is -0.128. The van der Waals surface area contributed by atoms with Crippen molar-refractivity contribution >= 4 is 11.7 Å². The van der Waals surface area contributed by atoms with Gasteiger partial charge in [0.1, 0.15) is 5.82 Å². The van der Waals surface area contributed by atoms with E-state index >= 15 is 0 Å². The molecule has 0 saturated carbocycles. The van der Waals surface area contributed by atoms with Crippen LogP contribution in [0.4, 0.5) is 5.82 Å². The van der Waals surface area contributed by atoms with Crippen LogP contribution in [0.2, 0.25) is 0 Å². The minimum Gasteiger partial charge on any atom is -0.463 e. The smallest absolute Gasteiger partial charge is 0.318 e. The van der Waals surface area contributed by atoms with E-state index in [0.29, 0.717) is 32.3 Å². The van der Waals surface area contributed by atoms with E-state index in [9.17, 15) is 10.1 Å². The lowest BCUT2D eigenvalue weighted by Crippen LogP contribution is -2.55. The number of ether oxygens (including phenoxy) is 1. The maximum Gasteiger partial charge on any atom is 0.318 e. The Morgan fingerprint density at radius 3 is 2.90 bits per heavy atom. The first kappa shape index (κ1) is 27.1. The van der Waals surface area contributed by atoms with Crippen molar-refractivity contribution in [2.45, 2.75) is 62.8 Å². The van der Waals surface area contributed by atoms with Gasteiger partial charge in [0.2, 0.25) is 5.91 Å². The molecule has 1 amide bonds. The molecule has 1 saturated heterocycles. The second kappa shape index (κ2) is 11.7. The van der Waals surface area contributed by atoms with Crippen LogP contribution in [0.3, 0.4) is 0 Å². The molecule has 5 rings (SSSR count). The molecule has 2 atom stereocenters. The summed E-state index contributed by atoms with van der Waals surface area (Å²) in [6, 6.07) is 11.4. The van der Waals surface area contributed by atoms with Crippen molar-refractivity contribution in [3.63, 3.8) is 0 Å². The van der Waals surface area contributed by atoms with Crippen LogP contribution in [0.15, 0.2) is 36.9 Å². The van der Waals surface area contributed by atoms with Crippen LogP contribution >= 0.6 is 0 Å². The Morgan fingerprint density at radius 1 is 1.26 bits per heavy atom. The molecule has 0 N–H and O–H groups in total. The normalized spacial score (nSPS) is 22.3. The second-order valence-electron chi connectivity index (χ2n) is 11.4. The molecule has 0 bridgehead atoms. The number of hydrogen-bond acceptors (Lipinski definition) is 7. The van der Waals surface area contributed by atoms with Gasteiger partial charge in [0, 0.05) is 37.2 Å². The predicted molar refractivity (Wildman–Crippen MR) is 152 cm³/mol. The number of hydrogen-bond donors (Lipinski definition) is 0. The number of amides is 1. The SMILES string of the molecule is C=CC(=O)N1CCN(c2nc(OCCCN(C)C)nc3c2CCC2(CCCc4ccccc42)C3)C[C@@H]1CC#N. The van der Waals surface area contributed by atoms with E-state index in [4.69, 9.17) is 14.7 Å². The monoisotopic (exact) mass is 528 g/mol. The van der Waals surface area contributed by atoms with E-state index in [0.717, 1.165) is 50.2 Å². The van der Waals surface area contributed by atoms with Crippen molar-refractivity contribution in [1.82, 2.24) is 19.8 Å². The average molecular weight is 529 g/mol. The van der Waals surface area contributed by atoms with E-state index < -0.39 is 0 Å². The highest BCUT2D eigenvalue weighted by atomic mass is 16.5. The largest absolute Gasteiger partial charge is 0.463 e. The Labute approximate surface area is 232 Å². The second-order valence-corrected chi connectivity index (χ2v) is 11.4. The van der Waals surface area contributed by atoms with Crippen LogP contribution in [-0.4, -0.2) is 78.6 Å². The van der Waals surface area contributed by atoms with Gasteiger partial charge in [0.05, 0.1) is 30.8 Å². The quantitative estimate of drug-likeness (QED) is 0.382. The molecule has 39 heavy (non-hydrogen) atoms. The molecule has 2 aliphatic carbocycles. The summed E-state index contributed by atoms with van der Waals surface area (Å²) in [5, 5.41) is 9.48. The van der Waals surface area contributed by atoms with E-state index in [2.05, 4.69) is 60.8 Å². The Hall–Kier alpha value is -3.44. The summed E-state index contributed by atoms with van der Waals surface area (Å²) in [5.74, 6) is 0.789. The van der Waals surface area contributed by atoms with Gasteiger partial charge in [-0.3, -0.25) is 4.79 Å². The molecule has 206 valence electrons. The molecule has 0 radical (unpaired) electrons. The molecule has 3 aliphatic rings. The number of anilines is 1. The summed E-state index contributed by atoms with van der Waals surface area (Å²) in [6.07, 6.45) is 8.91. The van der Waals surface area contributed by atoms with Crippen LogP contribution in [0.5, 0.6) is 6.01 Å². The van der Waals surface area contributed by atoms with Gasteiger partial charge in [-0.15, -0.1) is 0 Å².